The Hall–Kier alpha value is -2.67. The van der Waals surface area contributed by atoms with E-state index >= 15 is 0 Å². The van der Waals surface area contributed by atoms with Crippen LogP contribution in [0.15, 0.2) is 36.9 Å². The van der Waals surface area contributed by atoms with Crippen molar-refractivity contribution in [1.29, 1.82) is 0 Å². The minimum absolute atomic E-state index is 0.127. The highest BCUT2D eigenvalue weighted by Gasteiger charge is 2.18. The van der Waals surface area contributed by atoms with Crippen LogP contribution in [0.1, 0.15) is 25.7 Å². The second-order valence-corrected chi connectivity index (χ2v) is 5.51. The van der Waals surface area contributed by atoms with Gasteiger partial charge in [-0.25, -0.2) is 9.78 Å². The van der Waals surface area contributed by atoms with Crippen LogP contribution in [0.3, 0.4) is 0 Å². The number of nitrogens with one attached hydrogen (secondary N) is 1. The summed E-state index contributed by atoms with van der Waals surface area (Å²) in [7, 11) is 1.53. The first kappa shape index (κ1) is 16.7. The van der Waals surface area contributed by atoms with Gasteiger partial charge in [0.05, 0.1) is 12.8 Å². The fraction of sp³-hybridized carbons (Fsp3) is 0.188. The van der Waals surface area contributed by atoms with Gasteiger partial charge in [0.25, 0.3) is 5.91 Å². The van der Waals surface area contributed by atoms with Crippen LogP contribution in [0.2, 0.25) is 0 Å². The van der Waals surface area contributed by atoms with Gasteiger partial charge in [-0.15, -0.1) is 0 Å². The topological polar surface area (TPSA) is 77.5 Å². The maximum absolute atomic E-state index is 12.2. The summed E-state index contributed by atoms with van der Waals surface area (Å²) < 4.78 is 10.1. The Kier molecular flexibility index (Phi) is 5.48. The van der Waals surface area contributed by atoms with Gasteiger partial charge in [-0.3, -0.25) is 10.1 Å². The molecule has 0 spiro atoms. The third-order valence-electron chi connectivity index (χ3n) is 2.87. The van der Waals surface area contributed by atoms with Crippen LogP contribution in [0.4, 0.5) is 5.13 Å². The van der Waals surface area contributed by atoms with Gasteiger partial charge in [0.1, 0.15) is 17.2 Å². The van der Waals surface area contributed by atoms with Crippen molar-refractivity contribution in [3.8, 4) is 5.75 Å². The fourth-order valence-electron chi connectivity index (χ4n) is 1.77. The molecule has 1 N–H and O–H groups in total. The van der Waals surface area contributed by atoms with Crippen LogP contribution >= 0.6 is 11.3 Å². The summed E-state index contributed by atoms with van der Waals surface area (Å²) in [4.78, 5) is 28.6. The standard InChI is InChI=1S/C16H16N2O4S/c1-4-8-22-15(20)13-10(2)17-16(23-13)18-14(19)11-6-5-7-12(9-11)21-3/h4-7,9H,1,8H2,2-3H3,(H,17,18,19). The Bertz CT molecular complexity index is 739. The molecule has 120 valence electrons. The van der Waals surface area contributed by atoms with Crippen LogP contribution in [-0.2, 0) is 4.74 Å². The van der Waals surface area contributed by atoms with Gasteiger partial charge in [0.15, 0.2) is 5.13 Å². The van der Waals surface area contributed by atoms with E-state index in [1.165, 1.54) is 13.2 Å². The molecule has 0 saturated heterocycles. The van der Waals surface area contributed by atoms with E-state index in [0.717, 1.165) is 11.3 Å². The molecule has 23 heavy (non-hydrogen) atoms. The van der Waals surface area contributed by atoms with Crippen LogP contribution in [0.25, 0.3) is 0 Å². The number of benzene rings is 1. The molecule has 0 fully saturated rings. The molecule has 0 aliphatic heterocycles. The zero-order valence-corrected chi connectivity index (χ0v) is 13.6. The zero-order chi connectivity index (χ0) is 16.8. The van der Waals surface area contributed by atoms with E-state index in [1.54, 1.807) is 31.2 Å². The number of esters is 1. The first-order valence-corrected chi connectivity index (χ1v) is 7.57. The molecule has 6 nitrogen and oxygen atoms in total. The largest absolute Gasteiger partial charge is 0.497 e. The summed E-state index contributed by atoms with van der Waals surface area (Å²) in [5.41, 5.74) is 0.943. The number of ether oxygens (including phenoxy) is 2. The van der Waals surface area contributed by atoms with Crippen molar-refractivity contribution in [3.05, 3.63) is 53.1 Å². The van der Waals surface area contributed by atoms with Gasteiger partial charge in [-0.05, 0) is 25.1 Å². The number of hydrogen-bond acceptors (Lipinski definition) is 6. The SMILES string of the molecule is C=CCOC(=O)c1sc(NC(=O)c2cccc(OC)c2)nc1C. The van der Waals surface area contributed by atoms with E-state index in [0.29, 0.717) is 27.0 Å². The summed E-state index contributed by atoms with van der Waals surface area (Å²) in [6, 6.07) is 6.75. The smallest absolute Gasteiger partial charge is 0.350 e. The molecular formula is C16H16N2O4S. The van der Waals surface area contributed by atoms with Gasteiger partial charge >= 0.3 is 5.97 Å². The lowest BCUT2D eigenvalue weighted by Gasteiger charge is -2.04. The lowest BCUT2D eigenvalue weighted by atomic mass is 10.2. The fourth-order valence-corrected chi connectivity index (χ4v) is 2.63. The van der Waals surface area contributed by atoms with Gasteiger partial charge in [0.2, 0.25) is 0 Å². The second kappa shape index (κ2) is 7.55. The van der Waals surface area contributed by atoms with Crippen molar-refractivity contribution >= 4 is 28.3 Å². The molecule has 0 bridgehead atoms. The summed E-state index contributed by atoms with van der Waals surface area (Å²) in [6.45, 7) is 5.29. The Balaban J connectivity index is 2.12. The summed E-state index contributed by atoms with van der Waals surface area (Å²) in [5, 5.41) is 3.00. The molecule has 0 atom stereocenters. The third kappa shape index (κ3) is 4.17. The van der Waals surface area contributed by atoms with Gasteiger partial charge in [-0.1, -0.05) is 30.1 Å². The number of nitrogens with zero attached hydrogens (tertiary/aromatic N) is 1. The average Bonchev–Trinajstić information content (AvgIpc) is 2.93. The molecule has 1 heterocycles. The Morgan fingerprint density at radius 1 is 1.43 bits per heavy atom. The average molecular weight is 332 g/mol. The molecule has 1 aromatic carbocycles. The van der Waals surface area contributed by atoms with E-state index < -0.39 is 5.97 Å². The van der Waals surface area contributed by atoms with E-state index in [4.69, 9.17) is 9.47 Å². The zero-order valence-electron chi connectivity index (χ0n) is 12.8. The first-order valence-electron chi connectivity index (χ1n) is 6.76. The summed E-state index contributed by atoms with van der Waals surface area (Å²) in [5.74, 6) is -0.230. The molecule has 0 saturated carbocycles. The number of carbonyl (C=O) groups is 2. The molecule has 0 aliphatic rings. The molecule has 2 aromatic rings. The summed E-state index contributed by atoms with van der Waals surface area (Å²) >= 11 is 1.07. The number of thiazole rings is 1. The maximum Gasteiger partial charge on any atom is 0.350 e. The maximum atomic E-state index is 12.2. The van der Waals surface area contributed by atoms with E-state index in [9.17, 15) is 9.59 Å². The highest BCUT2D eigenvalue weighted by atomic mass is 32.1. The normalized spacial score (nSPS) is 10.0. The minimum Gasteiger partial charge on any atom is -0.497 e. The number of hydrogen-bond donors (Lipinski definition) is 1. The molecule has 0 aliphatic carbocycles. The predicted octanol–water partition coefficient (Wildman–Crippen LogP) is 3.06. The van der Waals surface area contributed by atoms with E-state index in [1.807, 2.05) is 0 Å². The number of aryl methyl sites for hydroxylation is 1. The van der Waals surface area contributed by atoms with Crippen molar-refractivity contribution in [2.75, 3.05) is 19.0 Å². The molecule has 1 aromatic heterocycles. The molecule has 1 amide bonds. The van der Waals surface area contributed by atoms with Crippen molar-refractivity contribution in [2.24, 2.45) is 0 Å². The Labute approximate surface area is 137 Å². The van der Waals surface area contributed by atoms with Crippen LogP contribution in [-0.4, -0.2) is 30.6 Å². The van der Waals surface area contributed by atoms with E-state index in [-0.39, 0.29) is 12.5 Å². The minimum atomic E-state index is -0.484. The van der Waals surface area contributed by atoms with Crippen molar-refractivity contribution in [3.63, 3.8) is 0 Å². The molecule has 0 unspecified atom stereocenters. The van der Waals surface area contributed by atoms with E-state index in [2.05, 4.69) is 16.9 Å². The number of methoxy groups -OCH3 is 1. The monoisotopic (exact) mass is 332 g/mol. The highest BCUT2D eigenvalue weighted by Crippen LogP contribution is 2.24. The number of anilines is 1. The first-order chi connectivity index (χ1) is 11.0. The van der Waals surface area contributed by atoms with Crippen LogP contribution < -0.4 is 10.1 Å². The molecule has 0 radical (unpaired) electrons. The third-order valence-corrected chi connectivity index (χ3v) is 3.92. The van der Waals surface area contributed by atoms with Crippen LogP contribution in [0.5, 0.6) is 5.75 Å². The molecule has 2 rings (SSSR count). The summed E-state index contributed by atoms with van der Waals surface area (Å²) in [6.07, 6.45) is 1.49. The number of rotatable bonds is 6. The number of amides is 1. The highest BCUT2D eigenvalue weighted by molar-refractivity contribution is 7.17. The van der Waals surface area contributed by atoms with Crippen molar-refractivity contribution in [1.82, 2.24) is 4.98 Å². The Morgan fingerprint density at radius 3 is 2.91 bits per heavy atom. The van der Waals surface area contributed by atoms with Crippen molar-refractivity contribution in [2.45, 2.75) is 6.92 Å². The lowest BCUT2D eigenvalue weighted by Crippen LogP contribution is -2.11. The Morgan fingerprint density at radius 2 is 2.22 bits per heavy atom. The molecule has 7 heteroatoms. The van der Waals surface area contributed by atoms with Gasteiger partial charge in [0, 0.05) is 5.56 Å². The van der Waals surface area contributed by atoms with Gasteiger partial charge < -0.3 is 9.47 Å². The van der Waals surface area contributed by atoms with Crippen LogP contribution in [0, 0.1) is 6.92 Å². The molecular weight excluding hydrogens is 316 g/mol. The second-order valence-electron chi connectivity index (χ2n) is 4.51. The lowest BCUT2D eigenvalue weighted by molar-refractivity contribution is 0.0554. The quantitative estimate of drug-likeness (QED) is 0.650. The number of carbonyl (C=O) groups excluding carboxylic acids is 2. The van der Waals surface area contributed by atoms with Crippen molar-refractivity contribution < 1.29 is 19.1 Å². The van der Waals surface area contributed by atoms with Gasteiger partial charge in [-0.2, -0.15) is 0 Å². The number of aromatic nitrogens is 1. The predicted molar refractivity (Wildman–Crippen MR) is 88.3 cm³/mol.